The number of hydrogen-bond donors (Lipinski definition) is 0. The van der Waals surface area contributed by atoms with Crippen LogP contribution >= 0.6 is 0 Å². The Morgan fingerprint density at radius 3 is 2.00 bits per heavy atom. The monoisotopic (exact) mass is 189 g/mol. The van der Waals surface area contributed by atoms with Crippen LogP contribution in [0.2, 0.25) is 13.1 Å². The lowest BCUT2D eigenvalue weighted by atomic mass is 10.4. The van der Waals surface area contributed by atoms with Crippen molar-refractivity contribution in [2.45, 2.75) is 46.8 Å². The van der Waals surface area contributed by atoms with Crippen LogP contribution in [0.5, 0.6) is 0 Å². The van der Waals surface area contributed by atoms with Crippen LogP contribution in [0, 0.1) is 0 Å². The molecule has 0 amide bonds. The zero-order valence-electron chi connectivity index (χ0n) is 9.35. The highest BCUT2D eigenvalue weighted by molar-refractivity contribution is 6.68. The van der Waals surface area contributed by atoms with Crippen molar-refractivity contribution in [1.29, 1.82) is 0 Å². The molecule has 0 aliphatic rings. The highest BCUT2D eigenvalue weighted by atomic mass is 28.4. The zero-order valence-corrected chi connectivity index (χ0v) is 10.3. The Labute approximate surface area is 78.1 Å². The lowest BCUT2D eigenvalue weighted by Crippen LogP contribution is -2.54. The van der Waals surface area contributed by atoms with Crippen LogP contribution in [-0.4, -0.2) is 32.2 Å². The molecule has 0 radical (unpaired) electrons. The fourth-order valence-corrected chi connectivity index (χ4v) is 4.68. The van der Waals surface area contributed by atoms with Crippen LogP contribution < -0.4 is 0 Å². The van der Waals surface area contributed by atoms with E-state index < -0.39 is 8.48 Å². The first kappa shape index (κ1) is 12.1. The summed E-state index contributed by atoms with van der Waals surface area (Å²) in [4.78, 5) is 0. The molecule has 0 saturated heterocycles. The molecule has 0 heterocycles. The van der Waals surface area contributed by atoms with E-state index in [0.717, 1.165) is 13.2 Å². The molecule has 0 aromatic carbocycles. The maximum atomic E-state index is 5.81. The Bertz CT molecular complexity index is 126. The van der Waals surface area contributed by atoms with Gasteiger partial charge in [0.05, 0.1) is 0 Å². The normalized spacial score (nSPS) is 13.0. The topological polar surface area (TPSA) is 12.5 Å². The van der Waals surface area contributed by atoms with Gasteiger partial charge < -0.3 is 8.99 Å². The van der Waals surface area contributed by atoms with Crippen LogP contribution in [0.1, 0.15) is 27.7 Å². The van der Waals surface area contributed by atoms with Crippen molar-refractivity contribution in [3.05, 3.63) is 0 Å². The summed E-state index contributed by atoms with van der Waals surface area (Å²) in [5.41, 5.74) is 0. The summed E-state index contributed by atoms with van der Waals surface area (Å²) in [5, 5.41) is 0. The van der Waals surface area contributed by atoms with E-state index >= 15 is 0 Å². The van der Waals surface area contributed by atoms with Crippen molar-refractivity contribution >= 4 is 8.48 Å². The van der Waals surface area contributed by atoms with Crippen LogP contribution in [0.15, 0.2) is 0 Å². The van der Waals surface area contributed by atoms with Gasteiger partial charge in [-0.2, -0.15) is 0 Å². The summed E-state index contributed by atoms with van der Waals surface area (Å²) < 4.78 is 8.29. The van der Waals surface area contributed by atoms with Gasteiger partial charge in [0.2, 0.25) is 0 Å². The SMILES string of the molecule is CCO[Si](C)(C)N(CC)C(C)C. The molecule has 74 valence electrons. The average Bonchev–Trinajstić information content (AvgIpc) is 1.86. The van der Waals surface area contributed by atoms with E-state index in [1.54, 1.807) is 0 Å². The summed E-state index contributed by atoms with van der Waals surface area (Å²) in [5.74, 6) is 0. The molecular formula is C9H23NOSi. The van der Waals surface area contributed by atoms with Gasteiger partial charge in [-0.15, -0.1) is 0 Å². The maximum Gasteiger partial charge on any atom is 0.265 e. The zero-order chi connectivity index (χ0) is 9.78. The molecule has 12 heavy (non-hydrogen) atoms. The van der Waals surface area contributed by atoms with Gasteiger partial charge in [0, 0.05) is 6.61 Å². The molecule has 0 saturated carbocycles. The third-order valence-corrected chi connectivity index (χ3v) is 5.36. The number of rotatable bonds is 5. The minimum Gasteiger partial charge on any atom is -0.404 e. The smallest absolute Gasteiger partial charge is 0.265 e. The summed E-state index contributed by atoms with van der Waals surface area (Å²) in [6, 6.07) is 0.600. The fraction of sp³-hybridized carbons (Fsp3) is 1.00. The Balaban J connectivity index is 4.25. The molecule has 0 atom stereocenters. The standard InChI is InChI=1S/C9H23NOSi/c1-7-10(9(3)4)12(5,6)11-8-2/h9H,7-8H2,1-6H3. The van der Waals surface area contributed by atoms with Gasteiger partial charge in [0.15, 0.2) is 0 Å². The third kappa shape index (κ3) is 3.25. The largest absolute Gasteiger partial charge is 0.404 e. The summed E-state index contributed by atoms with van der Waals surface area (Å²) in [6.07, 6.45) is 0. The molecule has 0 spiro atoms. The number of nitrogens with zero attached hydrogens (tertiary/aromatic N) is 1. The van der Waals surface area contributed by atoms with E-state index in [9.17, 15) is 0 Å². The maximum absolute atomic E-state index is 5.81. The van der Waals surface area contributed by atoms with Crippen molar-refractivity contribution in [2.24, 2.45) is 0 Å². The second-order valence-corrected chi connectivity index (χ2v) is 7.52. The highest BCUT2D eigenvalue weighted by Crippen LogP contribution is 2.14. The average molecular weight is 189 g/mol. The van der Waals surface area contributed by atoms with Gasteiger partial charge in [0.1, 0.15) is 0 Å². The second-order valence-electron chi connectivity index (χ2n) is 3.76. The molecule has 0 aromatic rings. The van der Waals surface area contributed by atoms with Crippen LogP contribution in [0.3, 0.4) is 0 Å². The first-order chi connectivity index (χ1) is 5.45. The quantitative estimate of drug-likeness (QED) is 0.616. The van der Waals surface area contributed by atoms with Crippen LogP contribution in [0.4, 0.5) is 0 Å². The van der Waals surface area contributed by atoms with E-state index in [1.807, 2.05) is 0 Å². The highest BCUT2D eigenvalue weighted by Gasteiger charge is 2.31. The van der Waals surface area contributed by atoms with Gasteiger partial charge in [-0.05, 0) is 32.6 Å². The Morgan fingerprint density at radius 1 is 1.25 bits per heavy atom. The van der Waals surface area contributed by atoms with E-state index in [1.165, 1.54) is 0 Å². The third-order valence-electron chi connectivity index (χ3n) is 2.15. The van der Waals surface area contributed by atoms with Crippen LogP contribution in [-0.2, 0) is 4.43 Å². The van der Waals surface area contributed by atoms with Crippen molar-refractivity contribution in [3.8, 4) is 0 Å². The van der Waals surface area contributed by atoms with Crippen molar-refractivity contribution in [2.75, 3.05) is 13.2 Å². The van der Waals surface area contributed by atoms with Gasteiger partial charge in [-0.1, -0.05) is 20.8 Å². The van der Waals surface area contributed by atoms with E-state index in [4.69, 9.17) is 4.43 Å². The first-order valence-corrected chi connectivity index (χ1v) is 7.72. The minimum absolute atomic E-state index is 0.600. The minimum atomic E-state index is -1.56. The van der Waals surface area contributed by atoms with Gasteiger partial charge in [-0.3, -0.25) is 0 Å². The molecule has 0 fully saturated rings. The van der Waals surface area contributed by atoms with Gasteiger partial charge in [-0.25, -0.2) is 0 Å². The second kappa shape index (κ2) is 4.99. The Kier molecular flexibility index (Phi) is 5.05. The van der Waals surface area contributed by atoms with Crippen molar-refractivity contribution in [1.82, 2.24) is 4.57 Å². The fourth-order valence-electron chi connectivity index (χ4n) is 1.80. The molecular weight excluding hydrogens is 166 g/mol. The molecule has 0 aliphatic heterocycles. The summed E-state index contributed by atoms with van der Waals surface area (Å²) >= 11 is 0. The van der Waals surface area contributed by atoms with Gasteiger partial charge in [0.25, 0.3) is 8.48 Å². The molecule has 2 nitrogen and oxygen atoms in total. The van der Waals surface area contributed by atoms with Crippen LogP contribution in [0.25, 0.3) is 0 Å². The molecule has 3 heteroatoms. The molecule has 0 bridgehead atoms. The summed E-state index contributed by atoms with van der Waals surface area (Å²) in [7, 11) is -1.56. The first-order valence-electron chi connectivity index (χ1n) is 4.86. The summed E-state index contributed by atoms with van der Waals surface area (Å²) in [6.45, 7) is 15.2. The van der Waals surface area contributed by atoms with Crippen molar-refractivity contribution in [3.63, 3.8) is 0 Å². The predicted molar refractivity (Wildman–Crippen MR) is 56.6 cm³/mol. The number of hydrogen-bond acceptors (Lipinski definition) is 2. The lowest BCUT2D eigenvalue weighted by molar-refractivity contribution is 0.237. The lowest BCUT2D eigenvalue weighted by Gasteiger charge is -2.38. The Hall–Kier alpha value is 0.137. The van der Waals surface area contributed by atoms with E-state index in [-0.39, 0.29) is 0 Å². The predicted octanol–water partition coefficient (Wildman–Crippen LogP) is 2.46. The van der Waals surface area contributed by atoms with E-state index in [2.05, 4.69) is 45.4 Å². The Morgan fingerprint density at radius 2 is 1.75 bits per heavy atom. The van der Waals surface area contributed by atoms with Gasteiger partial charge >= 0.3 is 0 Å². The molecule has 0 rings (SSSR count). The van der Waals surface area contributed by atoms with E-state index in [0.29, 0.717) is 6.04 Å². The molecule has 0 aromatic heterocycles. The van der Waals surface area contributed by atoms with Crippen molar-refractivity contribution < 1.29 is 4.43 Å². The molecule has 0 aliphatic carbocycles. The molecule has 0 unspecified atom stereocenters. The molecule has 0 N–H and O–H groups in total.